The molecule has 2 heterocycles. The van der Waals surface area contributed by atoms with Crippen molar-refractivity contribution in [3.63, 3.8) is 0 Å². The lowest BCUT2D eigenvalue weighted by molar-refractivity contribution is -0.143. The fourth-order valence-electron chi connectivity index (χ4n) is 4.27. The standard InChI is InChI=1S/C26H31N3O3S/c1-19-14-29(15-20(2)32-19)26(31)17-28-16-24(22-10-6-7-11-23(22)28)33-18-25(30)27-13-12-21-8-4-3-5-9-21/h3-11,16,19-20H,12-15,17-18H2,1-2H3,(H,27,30)/t19-,20-/m1/s1. The van der Waals surface area contributed by atoms with E-state index in [4.69, 9.17) is 4.74 Å². The highest BCUT2D eigenvalue weighted by atomic mass is 32.2. The average Bonchev–Trinajstić information content (AvgIpc) is 3.15. The molecule has 2 aromatic carbocycles. The molecule has 1 fully saturated rings. The maximum atomic E-state index is 13.0. The van der Waals surface area contributed by atoms with Crippen LogP contribution in [0, 0.1) is 0 Å². The van der Waals surface area contributed by atoms with Gasteiger partial charge in [0.15, 0.2) is 0 Å². The van der Waals surface area contributed by atoms with Crippen LogP contribution >= 0.6 is 11.8 Å². The van der Waals surface area contributed by atoms with Gasteiger partial charge in [-0.3, -0.25) is 9.59 Å². The molecule has 6 nitrogen and oxygen atoms in total. The molecule has 0 saturated carbocycles. The minimum atomic E-state index is 0.0140. The van der Waals surface area contributed by atoms with Gasteiger partial charge in [0.2, 0.25) is 11.8 Å². The molecule has 1 aliphatic rings. The third-order valence-electron chi connectivity index (χ3n) is 5.77. The van der Waals surface area contributed by atoms with Gasteiger partial charge < -0.3 is 19.5 Å². The number of carbonyl (C=O) groups is 2. The van der Waals surface area contributed by atoms with Crippen molar-refractivity contribution in [2.45, 2.75) is 43.9 Å². The number of carbonyl (C=O) groups excluding carboxylic acids is 2. The third-order valence-corrected chi connectivity index (χ3v) is 6.81. The van der Waals surface area contributed by atoms with Crippen LogP contribution in [0.1, 0.15) is 19.4 Å². The first-order chi connectivity index (χ1) is 16.0. The molecule has 0 bridgehead atoms. The molecular weight excluding hydrogens is 434 g/mol. The topological polar surface area (TPSA) is 63.6 Å². The molecule has 0 unspecified atom stereocenters. The highest BCUT2D eigenvalue weighted by molar-refractivity contribution is 8.00. The van der Waals surface area contributed by atoms with Crippen molar-refractivity contribution in [2.75, 3.05) is 25.4 Å². The summed E-state index contributed by atoms with van der Waals surface area (Å²) in [6, 6.07) is 18.2. The predicted molar refractivity (Wildman–Crippen MR) is 132 cm³/mol. The van der Waals surface area contributed by atoms with Crippen molar-refractivity contribution in [3.8, 4) is 0 Å². The van der Waals surface area contributed by atoms with E-state index in [9.17, 15) is 9.59 Å². The molecule has 3 aromatic rings. The van der Waals surface area contributed by atoms with Gasteiger partial charge in [0.05, 0.1) is 18.0 Å². The molecule has 7 heteroatoms. The van der Waals surface area contributed by atoms with E-state index in [1.807, 2.05) is 72.0 Å². The molecule has 2 amide bonds. The van der Waals surface area contributed by atoms with Crippen molar-refractivity contribution < 1.29 is 14.3 Å². The van der Waals surface area contributed by atoms with Crippen LogP contribution in [-0.2, 0) is 27.3 Å². The Kier molecular flexibility index (Phi) is 7.73. The molecular formula is C26H31N3O3S. The molecule has 1 aliphatic heterocycles. The zero-order valence-electron chi connectivity index (χ0n) is 19.2. The summed E-state index contributed by atoms with van der Waals surface area (Å²) in [5.41, 5.74) is 2.22. The van der Waals surface area contributed by atoms with E-state index >= 15 is 0 Å². The molecule has 174 valence electrons. The van der Waals surface area contributed by atoms with Crippen LogP contribution in [0.5, 0.6) is 0 Å². The van der Waals surface area contributed by atoms with Crippen LogP contribution in [0.15, 0.2) is 65.7 Å². The van der Waals surface area contributed by atoms with Crippen LogP contribution in [-0.4, -0.2) is 58.9 Å². The lowest BCUT2D eigenvalue weighted by Crippen LogP contribution is -2.49. The maximum Gasteiger partial charge on any atom is 0.242 e. The van der Waals surface area contributed by atoms with Gasteiger partial charge in [-0.15, -0.1) is 11.8 Å². The summed E-state index contributed by atoms with van der Waals surface area (Å²) < 4.78 is 7.75. The fraction of sp³-hybridized carbons (Fsp3) is 0.385. The Balaban J connectivity index is 1.36. The van der Waals surface area contributed by atoms with Crippen molar-refractivity contribution in [3.05, 3.63) is 66.4 Å². The Bertz CT molecular complexity index is 1090. The predicted octanol–water partition coefficient (Wildman–Crippen LogP) is 3.73. The lowest BCUT2D eigenvalue weighted by atomic mass is 10.1. The normalized spacial score (nSPS) is 18.4. The van der Waals surface area contributed by atoms with E-state index in [0.717, 1.165) is 22.2 Å². The van der Waals surface area contributed by atoms with E-state index in [2.05, 4.69) is 17.4 Å². The Morgan fingerprint density at radius 3 is 2.48 bits per heavy atom. The van der Waals surface area contributed by atoms with Crippen LogP contribution < -0.4 is 5.32 Å². The van der Waals surface area contributed by atoms with Gasteiger partial charge >= 0.3 is 0 Å². The Morgan fingerprint density at radius 2 is 1.73 bits per heavy atom. The maximum absolute atomic E-state index is 13.0. The summed E-state index contributed by atoms with van der Waals surface area (Å²) in [5.74, 6) is 0.447. The van der Waals surface area contributed by atoms with Crippen LogP contribution in [0.3, 0.4) is 0 Å². The number of hydrogen-bond donors (Lipinski definition) is 1. The second-order valence-electron chi connectivity index (χ2n) is 8.57. The number of para-hydroxylation sites is 1. The van der Waals surface area contributed by atoms with Gasteiger partial charge in [-0.2, -0.15) is 0 Å². The number of fused-ring (bicyclic) bond motifs is 1. The molecule has 1 N–H and O–H groups in total. The molecule has 0 radical (unpaired) electrons. The number of hydrogen-bond acceptors (Lipinski definition) is 4. The molecule has 4 rings (SSSR count). The van der Waals surface area contributed by atoms with Gasteiger partial charge in [0.25, 0.3) is 0 Å². The monoisotopic (exact) mass is 465 g/mol. The van der Waals surface area contributed by atoms with Crippen molar-refractivity contribution in [1.29, 1.82) is 0 Å². The van der Waals surface area contributed by atoms with Gasteiger partial charge in [-0.25, -0.2) is 0 Å². The second-order valence-corrected chi connectivity index (χ2v) is 9.59. The highest BCUT2D eigenvalue weighted by Gasteiger charge is 2.26. The van der Waals surface area contributed by atoms with Gasteiger partial charge in [-0.05, 0) is 31.9 Å². The summed E-state index contributed by atoms with van der Waals surface area (Å²) in [7, 11) is 0. The van der Waals surface area contributed by atoms with Crippen LogP contribution in [0.2, 0.25) is 0 Å². The van der Waals surface area contributed by atoms with Gasteiger partial charge in [0.1, 0.15) is 6.54 Å². The highest BCUT2D eigenvalue weighted by Crippen LogP contribution is 2.30. The summed E-state index contributed by atoms with van der Waals surface area (Å²) in [6.07, 6.45) is 2.91. The minimum Gasteiger partial charge on any atom is -0.372 e. The number of benzene rings is 2. The molecule has 33 heavy (non-hydrogen) atoms. The molecule has 2 atom stereocenters. The summed E-state index contributed by atoms with van der Waals surface area (Å²) >= 11 is 1.51. The number of nitrogens with one attached hydrogen (secondary N) is 1. The Hall–Kier alpha value is -2.77. The van der Waals surface area contributed by atoms with Crippen molar-refractivity contribution in [2.24, 2.45) is 0 Å². The zero-order chi connectivity index (χ0) is 23.2. The molecule has 0 aliphatic carbocycles. The number of nitrogens with zero attached hydrogens (tertiary/aromatic N) is 2. The van der Waals surface area contributed by atoms with Gasteiger partial charge in [-0.1, -0.05) is 48.5 Å². The quantitative estimate of drug-likeness (QED) is 0.515. The van der Waals surface area contributed by atoms with Gasteiger partial charge in [0, 0.05) is 41.6 Å². The van der Waals surface area contributed by atoms with Crippen molar-refractivity contribution in [1.82, 2.24) is 14.8 Å². The summed E-state index contributed by atoms with van der Waals surface area (Å²) in [4.78, 5) is 28.3. The first kappa shape index (κ1) is 23.4. The van der Waals surface area contributed by atoms with E-state index in [-0.39, 0.29) is 30.6 Å². The van der Waals surface area contributed by atoms with Crippen LogP contribution in [0.4, 0.5) is 0 Å². The number of aromatic nitrogens is 1. The molecule has 0 spiro atoms. The van der Waals surface area contributed by atoms with E-state index in [1.165, 1.54) is 17.3 Å². The van der Waals surface area contributed by atoms with E-state index in [0.29, 0.717) is 25.4 Å². The SMILES string of the molecule is C[C@@H]1CN(C(=O)Cn2cc(SCC(=O)NCCc3ccccc3)c3ccccc32)C[C@@H](C)O1. The largest absolute Gasteiger partial charge is 0.372 e. The summed E-state index contributed by atoms with van der Waals surface area (Å²) in [5, 5.41) is 4.07. The number of amides is 2. The number of thioether (sulfide) groups is 1. The first-order valence-electron chi connectivity index (χ1n) is 11.4. The number of morpholine rings is 1. The smallest absolute Gasteiger partial charge is 0.242 e. The zero-order valence-corrected chi connectivity index (χ0v) is 20.0. The minimum absolute atomic E-state index is 0.0140. The Labute approximate surface area is 199 Å². The third kappa shape index (κ3) is 6.18. The van der Waals surface area contributed by atoms with E-state index < -0.39 is 0 Å². The first-order valence-corrected chi connectivity index (χ1v) is 12.4. The van der Waals surface area contributed by atoms with Crippen LogP contribution in [0.25, 0.3) is 10.9 Å². The number of rotatable bonds is 8. The Morgan fingerprint density at radius 1 is 1.03 bits per heavy atom. The van der Waals surface area contributed by atoms with E-state index in [1.54, 1.807) is 0 Å². The molecule has 1 aromatic heterocycles. The lowest BCUT2D eigenvalue weighted by Gasteiger charge is -2.35. The fourth-order valence-corrected chi connectivity index (χ4v) is 5.19. The number of ether oxygens (including phenoxy) is 1. The molecule has 1 saturated heterocycles. The summed E-state index contributed by atoms with van der Waals surface area (Å²) in [6.45, 7) is 6.14. The average molecular weight is 466 g/mol. The second kappa shape index (κ2) is 10.9. The van der Waals surface area contributed by atoms with Crippen molar-refractivity contribution >= 4 is 34.5 Å².